The van der Waals surface area contributed by atoms with Crippen LogP contribution in [0.2, 0.25) is 0 Å². The van der Waals surface area contributed by atoms with Gasteiger partial charge < -0.3 is 14.6 Å². The van der Waals surface area contributed by atoms with Gasteiger partial charge in [-0.3, -0.25) is 0 Å². The van der Waals surface area contributed by atoms with Gasteiger partial charge in [0.1, 0.15) is 0 Å². The second-order valence-electron chi connectivity index (χ2n) is 5.14. The van der Waals surface area contributed by atoms with Gasteiger partial charge in [0.15, 0.2) is 11.3 Å². The summed E-state index contributed by atoms with van der Waals surface area (Å²) < 4.78 is 5.04. The van der Waals surface area contributed by atoms with Gasteiger partial charge in [0.2, 0.25) is 5.75 Å². The Morgan fingerprint density at radius 2 is 1.60 bits per heavy atom. The van der Waals surface area contributed by atoms with Crippen LogP contribution < -0.4 is 5.63 Å². The number of aromatic hydroxyl groups is 2. The van der Waals surface area contributed by atoms with E-state index in [-0.39, 0.29) is 11.3 Å². The zero-order valence-electron chi connectivity index (χ0n) is 11.4. The van der Waals surface area contributed by atoms with Crippen molar-refractivity contribution >= 4 is 21.7 Å². The first kappa shape index (κ1) is 12.5. The summed E-state index contributed by atoms with van der Waals surface area (Å²) in [5.41, 5.74) is 1.72. The predicted molar refractivity (Wildman–Crippen MR) is 77.5 cm³/mol. The summed E-state index contributed by atoms with van der Waals surface area (Å²) in [6, 6.07) is 5.69. The molecular weight excluding hydrogens is 256 g/mol. The quantitative estimate of drug-likeness (QED) is 0.486. The molecule has 0 atom stereocenters. The van der Waals surface area contributed by atoms with Crippen LogP contribution in [0.1, 0.15) is 16.7 Å². The first-order valence-electron chi connectivity index (χ1n) is 6.29. The third-order valence-corrected chi connectivity index (χ3v) is 3.68. The number of aryl methyl sites for hydroxylation is 3. The Balaban J connectivity index is 2.65. The maximum Gasteiger partial charge on any atom is 0.379 e. The first-order valence-corrected chi connectivity index (χ1v) is 6.29. The molecule has 0 saturated heterocycles. The monoisotopic (exact) mass is 270 g/mol. The van der Waals surface area contributed by atoms with E-state index < -0.39 is 11.4 Å². The molecule has 0 spiro atoms. The van der Waals surface area contributed by atoms with Crippen molar-refractivity contribution in [3.05, 3.63) is 45.3 Å². The Labute approximate surface area is 114 Å². The average Bonchev–Trinajstić information content (AvgIpc) is 2.39. The van der Waals surface area contributed by atoms with E-state index in [2.05, 4.69) is 0 Å². The van der Waals surface area contributed by atoms with Crippen LogP contribution in [0, 0.1) is 20.8 Å². The van der Waals surface area contributed by atoms with E-state index in [4.69, 9.17) is 4.42 Å². The van der Waals surface area contributed by atoms with Crippen LogP contribution in [0.4, 0.5) is 0 Å². The van der Waals surface area contributed by atoms with Crippen LogP contribution in [-0.4, -0.2) is 10.2 Å². The van der Waals surface area contributed by atoms with Gasteiger partial charge in [-0.2, -0.15) is 0 Å². The Bertz CT molecular complexity index is 920. The second-order valence-corrected chi connectivity index (χ2v) is 5.14. The lowest BCUT2D eigenvalue weighted by Crippen LogP contribution is -2.01. The molecular formula is C16H14O4. The summed E-state index contributed by atoms with van der Waals surface area (Å²) in [7, 11) is 0. The Hall–Kier alpha value is -2.49. The summed E-state index contributed by atoms with van der Waals surface area (Å²) in [5.74, 6) is -0.481. The van der Waals surface area contributed by atoms with Gasteiger partial charge in [-0.15, -0.1) is 0 Å². The molecule has 4 nitrogen and oxygen atoms in total. The van der Waals surface area contributed by atoms with E-state index in [1.54, 1.807) is 6.92 Å². The fourth-order valence-corrected chi connectivity index (χ4v) is 2.63. The Morgan fingerprint density at radius 3 is 2.30 bits per heavy atom. The van der Waals surface area contributed by atoms with E-state index in [9.17, 15) is 15.0 Å². The van der Waals surface area contributed by atoms with E-state index in [1.807, 2.05) is 32.0 Å². The Kier molecular flexibility index (Phi) is 2.51. The minimum Gasteiger partial charge on any atom is -0.504 e. The summed E-state index contributed by atoms with van der Waals surface area (Å²) in [5, 5.41) is 22.1. The molecule has 1 aromatic heterocycles. The molecule has 0 saturated carbocycles. The normalized spacial score (nSPS) is 11.3. The molecule has 0 fully saturated rings. The lowest BCUT2D eigenvalue weighted by Gasteiger charge is -2.10. The molecule has 0 aliphatic carbocycles. The van der Waals surface area contributed by atoms with Crippen molar-refractivity contribution in [3.63, 3.8) is 0 Å². The van der Waals surface area contributed by atoms with Crippen molar-refractivity contribution < 1.29 is 14.6 Å². The number of rotatable bonds is 0. The molecule has 3 rings (SSSR count). The smallest absolute Gasteiger partial charge is 0.379 e. The third kappa shape index (κ3) is 1.58. The van der Waals surface area contributed by atoms with E-state index in [0.29, 0.717) is 16.3 Å². The predicted octanol–water partition coefficient (Wildman–Crippen LogP) is 3.28. The topological polar surface area (TPSA) is 70.7 Å². The highest BCUT2D eigenvalue weighted by atomic mass is 16.4. The van der Waals surface area contributed by atoms with Crippen LogP contribution in [-0.2, 0) is 0 Å². The molecule has 102 valence electrons. The number of benzene rings is 2. The highest BCUT2D eigenvalue weighted by Crippen LogP contribution is 2.37. The van der Waals surface area contributed by atoms with Gasteiger partial charge in [0.05, 0.1) is 0 Å². The molecule has 0 bridgehead atoms. The standard InChI is InChI=1S/C16H14O4/c1-7-4-8(2)10-6-11-9(3)13(17)16(19)20-15(11)14(18)12(10)5-7/h4-6,17-18H,1-3H3. The summed E-state index contributed by atoms with van der Waals surface area (Å²) in [6.45, 7) is 5.52. The average molecular weight is 270 g/mol. The third-order valence-electron chi connectivity index (χ3n) is 3.68. The zero-order valence-corrected chi connectivity index (χ0v) is 11.4. The maximum absolute atomic E-state index is 11.5. The molecule has 0 aliphatic heterocycles. The summed E-state index contributed by atoms with van der Waals surface area (Å²) >= 11 is 0. The number of fused-ring (bicyclic) bond motifs is 2. The fraction of sp³-hybridized carbons (Fsp3) is 0.188. The van der Waals surface area contributed by atoms with Gasteiger partial charge in [-0.05, 0) is 43.9 Å². The minimum atomic E-state index is -0.839. The number of hydrogen-bond acceptors (Lipinski definition) is 4. The van der Waals surface area contributed by atoms with E-state index in [0.717, 1.165) is 16.5 Å². The molecule has 1 heterocycles. The van der Waals surface area contributed by atoms with Crippen molar-refractivity contribution in [1.29, 1.82) is 0 Å². The second kappa shape index (κ2) is 4.00. The van der Waals surface area contributed by atoms with Gasteiger partial charge in [-0.1, -0.05) is 11.6 Å². The SMILES string of the molecule is Cc1cc(C)c2cc3c(C)c(O)c(=O)oc3c(O)c2c1. The highest BCUT2D eigenvalue weighted by molar-refractivity contribution is 6.05. The van der Waals surface area contributed by atoms with Crippen LogP contribution in [0.5, 0.6) is 11.5 Å². The van der Waals surface area contributed by atoms with Gasteiger partial charge in [0, 0.05) is 16.3 Å². The maximum atomic E-state index is 11.5. The molecule has 2 aromatic carbocycles. The molecule has 0 amide bonds. The zero-order chi connectivity index (χ0) is 14.6. The van der Waals surface area contributed by atoms with Crippen molar-refractivity contribution in [2.24, 2.45) is 0 Å². The van der Waals surface area contributed by atoms with Gasteiger partial charge in [0.25, 0.3) is 0 Å². The molecule has 4 heteroatoms. The van der Waals surface area contributed by atoms with Gasteiger partial charge in [-0.25, -0.2) is 4.79 Å². The van der Waals surface area contributed by atoms with Crippen LogP contribution >= 0.6 is 0 Å². The van der Waals surface area contributed by atoms with Crippen LogP contribution in [0.25, 0.3) is 21.7 Å². The molecule has 0 aliphatic rings. The summed E-state index contributed by atoms with van der Waals surface area (Å²) in [6.07, 6.45) is 0. The molecule has 2 N–H and O–H groups in total. The van der Waals surface area contributed by atoms with Crippen molar-refractivity contribution in [2.75, 3.05) is 0 Å². The number of phenolic OH excluding ortho intramolecular Hbond substituents is 1. The molecule has 0 radical (unpaired) electrons. The number of hydrogen-bond donors (Lipinski definition) is 2. The minimum absolute atomic E-state index is 0.0653. The molecule has 3 aromatic rings. The Morgan fingerprint density at radius 1 is 0.900 bits per heavy atom. The van der Waals surface area contributed by atoms with Crippen LogP contribution in [0.3, 0.4) is 0 Å². The van der Waals surface area contributed by atoms with E-state index in [1.165, 1.54) is 0 Å². The van der Waals surface area contributed by atoms with Crippen molar-refractivity contribution in [2.45, 2.75) is 20.8 Å². The van der Waals surface area contributed by atoms with E-state index >= 15 is 0 Å². The fourth-order valence-electron chi connectivity index (χ4n) is 2.63. The van der Waals surface area contributed by atoms with Gasteiger partial charge >= 0.3 is 5.63 Å². The lowest BCUT2D eigenvalue weighted by atomic mass is 9.98. The highest BCUT2D eigenvalue weighted by Gasteiger charge is 2.16. The van der Waals surface area contributed by atoms with Crippen LogP contribution in [0.15, 0.2) is 27.4 Å². The molecule has 20 heavy (non-hydrogen) atoms. The first-order chi connectivity index (χ1) is 9.40. The summed E-state index contributed by atoms with van der Waals surface area (Å²) in [4.78, 5) is 11.5. The lowest BCUT2D eigenvalue weighted by molar-refractivity contribution is 0.415. The number of phenols is 1. The van der Waals surface area contributed by atoms with Crippen molar-refractivity contribution in [1.82, 2.24) is 0 Å². The van der Waals surface area contributed by atoms with Crippen molar-refractivity contribution in [3.8, 4) is 11.5 Å². The largest absolute Gasteiger partial charge is 0.504 e. The molecule has 0 unspecified atom stereocenters.